The van der Waals surface area contributed by atoms with Crippen LogP contribution in [0.5, 0.6) is 0 Å². The van der Waals surface area contributed by atoms with Gasteiger partial charge in [0.15, 0.2) is 0 Å². The SMILES string of the molecule is CN(c1ccc(Cl)cc1)c1nccc2ccccc12. The first kappa shape index (κ1) is 12.0. The van der Waals surface area contributed by atoms with Crippen LogP contribution in [0.15, 0.2) is 60.8 Å². The summed E-state index contributed by atoms with van der Waals surface area (Å²) in [7, 11) is 2.01. The van der Waals surface area contributed by atoms with Crippen LogP contribution in [-0.2, 0) is 0 Å². The molecule has 94 valence electrons. The van der Waals surface area contributed by atoms with Crippen molar-refractivity contribution in [2.24, 2.45) is 0 Å². The lowest BCUT2D eigenvalue weighted by Crippen LogP contribution is -2.11. The minimum Gasteiger partial charge on any atom is -0.329 e. The van der Waals surface area contributed by atoms with E-state index < -0.39 is 0 Å². The fourth-order valence-corrected chi connectivity index (χ4v) is 2.28. The van der Waals surface area contributed by atoms with Crippen molar-refractivity contribution in [1.29, 1.82) is 0 Å². The molecule has 3 aromatic rings. The van der Waals surface area contributed by atoms with E-state index in [2.05, 4.69) is 22.0 Å². The smallest absolute Gasteiger partial charge is 0.140 e. The summed E-state index contributed by atoms with van der Waals surface area (Å²) in [5.74, 6) is 0.945. The Kier molecular flexibility index (Phi) is 3.10. The second-order valence-electron chi connectivity index (χ2n) is 4.39. The van der Waals surface area contributed by atoms with E-state index in [0.29, 0.717) is 0 Å². The van der Waals surface area contributed by atoms with Gasteiger partial charge in [0.1, 0.15) is 5.82 Å². The lowest BCUT2D eigenvalue weighted by Gasteiger charge is -2.20. The number of anilines is 2. The molecule has 0 unspecified atom stereocenters. The summed E-state index contributed by atoms with van der Waals surface area (Å²) < 4.78 is 0. The molecule has 0 fully saturated rings. The van der Waals surface area contributed by atoms with Crippen LogP contribution in [0, 0.1) is 0 Å². The number of hydrogen-bond acceptors (Lipinski definition) is 2. The summed E-state index contributed by atoms with van der Waals surface area (Å²) in [5.41, 5.74) is 1.06. The second-order valence-corrected chi connectivity index (χ2v) is 4.83. The topological polar surface area (TPSA) is 16.1 Å². The molecule has 2 nitrogen and oxygen atoms in total. The minimum absolute atomic E-state index is 0.739. The molecule has 1 aromatic heterocycles. The molecule has 0 aliphatic rings. The average molecular weight is 269 g/mol. The van der Waals surface area contributed by atoms with Crippen LogP contribution in [0.2, 0.25) is 5.02 Å². The highest BCUT2D eigenvalue weighted by atomic mass is 35.5. The van der Waals surface area contributed by atoms with E-state index in [0.717, 1.165) is 21.9 Å². The van der Waals surface area contributed by atoms with Gasteiger partial charge >= 0.3 is 0 Å². The van der Waals surface area contributed by atoms with E-state index in [1.807, 2.05) is 55.7 Å². The molecule has 2 aromatic carbocycles. The predicted molar refractivity (Wildman–Crippen MR) is 81.3 cm³/mol. The monoisotopic (exact) mass is 268 g/mol. The van der Waals surface area contributed by atoms with Crippen LogP contribution in [0.1, 0.15) is 0 Å². The number of aromatic nitrogens is 1. The van der Waals surface area contributed by atoms with Crippen molar-refractivity contribution >= 4 is 33.9 Å². The first-order valence-electron chi connectivity index (χ1n) is 6.09. The Labute approximate surface area is 117 Å². The van der Waals surface area contributed by atoms with Crippen LogP contribution in [0.4, 0.5) is 11.5 Å². The average Bonchev–Trinajstić information content (AvgIpc) is 2.47. The maximum absolute atomic E-state index is 5.92. The summed E-state index contributed by atoms with van der Waals surface area (Å²) in [6, 6.07) is 18.0. The van der Waals surface area contributed by atoms with Gasteiger partial charge in [-0.2, -0.15) is 0 Å². The number of hydrogen-bond donors (Lipinski definition) is 0. The zero-order valence-corrected chi connectivity index (χ0v) is 11.3. The number of fused-ring (bicyclic) bond motifs is 1. The van der Waals surface area contributed by atoms with Gasteiger partial charge in [0.25, 0.3) is 0 Å². The van der Waals surface area contributed by atoms with Gasteiger partial charge in [0, 0.05) is 29.3 Å². The molecule has 0 aliphatic carbocycles. The molecule has 3 rings (SSSR count). The first-order valence-corrected chi connectivity index (χ1v) is 6.46. The second kappa shape index (κ2) is 4.90. The molecule has 0 atom stereocenters. The fourth-order valence-electron chi connectivity index (χ4n) is 2.16. The van der Waals surface area contributed by atoms with Crippen molar-refractivity contribution in [3.63, 3.8) is 0 Å². The van der Waals surface area contributed by atoms with Gasteiger partial charge in [-0.05, 0) is 35.7 Å². The van der Waals surface area contributed by atoms with Crippen molar-refractivity contribution in [3.8, 4) is 0 Å². The molecule has 0 bridgehead atoms. The first-order chi connectivity index (χ1) is 9.25. The molecule has 3 heteroatoms. The van der Waals surface area contributed by atoms with E-state index in [4.69, 9.17) is 11.6 Å². The van der Waals surface area contributed by atoms with Crippen molar-refractivity contribution < 1.29 is 0 Å². The number of halogens is 1. The third kappa shape index (κ3) is 2.27. The van der Waals surface area contributed by atoms with Gasteiger partial charge in [0.2, 0.25) is 0 Å². The van der Waals surface area contributed by atoms with Crippen LogP contribution in [0.25, 0.3) is 10.8 Å². The van der Waals surface area contributed by atoms with Gasteiger partial charge in [-0.1, -0.05) is 35.9 Å². The van der Waals surface area contributed by atoms with Crippen molar-refractivity contribution in [2.45, 2.75) is 0 Å². The van der Waals surface area contributed by atoms with Crippen LogP contribution in [0.3, 0.4) is 0 Å². The maximum atomic E-state index is 5.92. The zero-order chi connectivity index (χ0) is 13.2. The van der Waals surface area contributed by atoms with Crippen molar-refractivity contribution in [1.82, 2.24) is 4.98 Å². The molecule has 1 heterocycles. The van der Waals surface area contributed by atoms with E-state index in [-0.39, 0.29) is 0 Å². The molecule has 0 amide bonds. The highest BCUT2D eigenvalue weighted by Gasteiger charge is 2.08. The van der Waals surface area contributed by atoms with E-state index in [1.165, 1.54) is 5.39 Å². The summed E-state index contributed by atoms with van der Waals surface area (Å²) in [6.45, 7) is 0. The molecule has 0 N–H and O–H groups in total. The number of nitrogens with zero attached hydrogens (tertiary/aromatic N) is 2. The fraction of sp³-hybridized carbons (Fsp3) is 0.0625. The minimum atomic E-state index is 0.739. The van der Waals surface area contributed by atoms with Crippen molar-refractivity contribution in [3.05, 3.63) is 65.8 Å². The van der Waals surface area contributed by atoms with Crippen LogP contribution >= 0.6 is 11.6 Å². The largest absolute Gasteiger partial charge is 0.329 e. The Morgan fingerprint density at radius 1 is 0.947 bits per heavy atom. The van der Waals surface area contributed by atoms with Gasteiger partial charge < -0.3 is 4.90 Å². The standard InChI is InChI=1S/C16H13ClN2/c1-19(14-8-6-13(17)7-9-14)16-15-5-3-2-4-12(15)10-11-18-16/h2-11H,1H3. The van der Waals surface area contributed by atoms with Gasteiger partial charge in [-0.3, -0.25) is 0 Å². The summed E-state index contributed by atoms with van der Waals surface area (Å²) in [6.07, 6.45) is 1.84. The Balaban J connectivity index is 2.11. The Morgan fingerprint density at radius 2 is 1.68 bits per heavy atom. The zero-order valence-electron chi connectivity index (χ0n) is 10.5. The molecule has 0 saturated carbocycles. The van der Waals surface area contributed by atoms with E-state index >= 15 is 0 Å². The number of benzene rings is 2. The Morgan fingerprint density at radius 3 is 2.47 bits per heavy atom. The Hall–Kier alpha value is -2.06. The lowest BCUT2D eigenvalue weighted by atomic mass is 10.1. The lowest BCUT2D eigenvalue weighted by molar-refractivity contribution is 1.14. The summed E-state index contributed by atoms with van der Waals surface area (Å²) in [4.78, 5) is 6.57. The maximum Gasteiger partial charge on any atom is 0.140 e. The third-order valence-corrected chi connectivity index (χ3v) is 3.44. The van der Waals surface area contributed by atoms with Crippen LogP contribution < -0.4 is 4.90 Å². The van der Waals surface area contributed by atoms with E-state index in [1.54, 1.807) is 0 Å². The molecular formula is C16H13ClN2. The van der Waals surface area contributed by atoms with Gasteiger partial charge in [-0.25, -0.2) is 4.98 Å². The van der Waals surface area contributed by atoms with E-state index in [9.17, 15) is 0 Å². The predicted octanol–water partition coefficient (Wildman–Crippen LogP) is 4.66. The molecule has 19 heavy (non-hydrogen) atoms. The quantitative estimate of drug-likeness (QED) is 0.672. The van der Waals surface area contributed by atoms with Crippen LogP contribution in [-0.4, -0.2) is 12.0 Å². The highest BCUT2D eigenvalue weighted by molar-refractivity contribution is 6.30. The normalized spacial score (nSPS) is 10.6. The highest BCUT2D eigenvalue weighted by Crippen LogP contribution is 2.29. The molecule has 0 saturated heterocycles. The number of pyridine rings is 1. The molecule has 0 spiro atoms. The Bertz CT molecular complexity index is 702. The summed E-state index contributed by atoms with van der Waals surface area (Å²) >= 11 is 5.92. The number of rotatable bonds is 2. The molecule has 0 aliphatic heterocycles. The molecular weight excluding hydrogens is 256 g/mol. The third-order valence-electron chi connectivity index (χ3n) is 3.18. The van der Waals surface area contributed by atoms with Gasteiger partial charge in [0.05, 0.1) is 0 Å². The van der Waals surface area contributed by atoms with Crippen molar-refractivity contribution in [2.75, 3.05) is 11.9 Å². The summed E-state index contributed by atoms with van der Waals surface area (Å²) in [5, 5.41) is 3.07. The molecule has 0 radical (unpaired) electrons. The van der Waals surface area contributed by atoms with Gasteiger partial charge in [-0.15, -0.1) is 0 Å².